The van der Waals surface area contributed by atoms with Crippen LogP contribution in [-0.2, 0) is 4.74 Å². The molecule has 2 amide bonds. The molecule has 2 N–H and O–H groups in total. The summed E-state index contributed by atoms with van der Waals surface area (Å²) < 4.78 is 9.29. The minimum Gasteiger partial charge on any atom is -0.465 e. The zero-order valence-corrected chi connectivity index (χ0v) is 10.0. The van der Waals surface area contributed by atoms with E-state index in [2.05, 4.69) is 20.5 Å². The number of carbonyl (C=O) groups is 2. The maximum absolute atomic E-state index is 11.6. The van der Waals surface area contributed by atoms with Crippen molar-refractivity contribution in [3.05, 3.63) is 42.1 Å². The van der Waals surface area contributed by atoms with E-state index in [0.717, 1.165) is 0 Å². The Hall–Kier alpha value is -2.83. The molecule has 1 aromatic carbocycles. The molecule has 2 aromatic rings. The summed E-state index contributed by atoms with van der Waals surface area (Å²) in [6.45, 7) is 0. The van der Waals surface area contributed by atoms with Gasteiger partial charge in [-0.15, -0.1) is 0 Å². The van der Waals surface area contributed by atoms with Crippen molar-refractivity contribution in [3.8, 4) is 0 Å². The van der Waals surface area contributed by atoms with E-state index >= 15 is 0 Å². The van der Waals surface area contributed by atoms with Crippen LogP contribution in [0.3, 0.4) is 0 Å². The number of ether oxygens (including phenoxy) is 1. The molecule has 0 aliphatic rings. The van der Waals surface area contributed by atoms with Crippen LogP contribution in [-0.4, -0.2) is 24.3 Å². The molecule has 0 spiro atoms. The maximum Gasteiger partial charge on any atom is 0.337 e. The Morgan fingerprint density at radius 1 is 1.16 bits per heavy atom. The lowest BCUT2D eigenvalue weighted by Crippen LogP contribution is -2.19. The summed E-state index contributed by atoms with van der Waals surface area (Å²) in [6.07, 6.45) is 1.42. The Kier molecular flexibility index (Phi) is 3.77. The summed E-state index contributed by atoms with van der Waals surface area (Å²) in [5, 5.41) is 8.48. The lowest BCUT2D eigenvalue weighted by Gasteiger charge is -2.05. The first-order valence-corrected chi connectivity index (χ1v) is 5.36. The Morgan fingerprint density at radius 3 is 2.47 bits per heavy atom. The van der Waals surface area contributed by atoms with Crippen LogP contribution >= 0.6 is 0 Å². The molecule has 7 heteroatoms. The van der Waals surface area contributed by atoms with Gasteiger partial charge in [0, 0.05) is 11.8 Å². The lowest BCUT2D eigenvalue weighted by atomic mass is 10.2. The van der Waals surface area contributed by atoms with Gasteiger partial charge < -0.3 is 14.6 Å². The van der Waals surface area contributed by atoms with E-state index in [9.17, 15) is 9.59 Å². The third kappa shape index (κ3) is 3.32. The number of nitrogens with one attached hydrogen (secondary N) is 2. The van der Waals surface area contributed by atoms with Crippen LogP contribution in [0.2, 0.25) is 0 Å². The largest absolute Gasteiger partial charge is 0.465 e. The molecule has 0 radical (unpaired) electrons. The van der Waals surface area contributed by atoms with Crippen molar-refractivity contribution in [3.63, 3.8) is 0 Å². The highest BCUT2D eigenvalue weighted by molar-refractivity contribution is 5.99. The van der Waals surface area contributed by atoms with Crippen LogP contribution < -0.4 is 10.6 Å². The van der Waals surface area contributed by atoms with Crippen LogP contribution in [0.25, 0.3) is 0 Å². The number of hydrogen-bond donors (Lipinski definition) is 2. The SMILES string of the molecule is COC(=O)c1ccc(NC(=O)Nc2ccno2)cc1. The summed E-state index contributed by atoms with van der Waals surface area (Å²) in [5.74, 6) is -0.193. The monoisotopic (exact) mass is 261 g/mol. The number of benzene rings is 1. The van der Waals surface area contributed by atoms with Crippen molar-refractivity contribution in [1.82, 2.24) is 5.16 Å². The second-order valence-corrected chi connectivity index (χ2v) is 3.52. The number of amides is 2. The molecule has 0 fully saturated rings. The standard InChI is InChI=1S/C12H11N3O4/c1-18-11(16)8-2-4-9(5-3-8)14-12(17)15-10-6-7-13-19-10/h2-7H,1H3,(H2,14,15,17). The second-order valence-electron chi connectivity index (χ2n) is 3.52. The molecular formula is C12H11N3O4. The summed E-state index contributed by atoms with van der Waals surface area (Å²) in [4.78, 5) is 22.8. The zero-order chi connectivity index (χ0) is 13.7. The van der Waals surface area contributed by atoms with Gasteiger partial charge in [0.2, 0.25) is 5.88 Å². The molecule has 0 aliphatic heterocycles. The Labute approximate surface area is 108 Å². The number of nitrogens with zero attached hydrogens (tertiary/aromatic N) is 1. The van der Waals surface area contributed by atoms with Gasteiger partial charge in [-0.25, -0.2) is 9.59 Å². The molecular weight excluding hydrogens is 250 g/mol. The van der Waals surface area contributed by atoms with Gasteiger partial charge in [-0.2, -0.15) is 0 Å². The minimum absolute atomic E-state index is 0.240. The highest BCUT2D eigenvalue weighted by atomic mass is 16.5. The number of methoxy groups -OCH3 is 1. The molecule has 0 bridgehead atoms. The molecule has 7 nitrogen and oxygen atoms in total. The van der Waals surface area contributed by atoms with Crippen molar-refractivity contribution >= 4 is 23.6 Å². The number of aromatic nitrogens is 1. The molecule has 1 heterocycles. The summed E-state index contributed by atoms with van der Waals surface area (Å²) in [6, 6.07) is 7.33. The summed E-state index contributed by atoms with van der Waals surface area (Å²) in [5.41, 5.74) is 0.938. The third-order valence-electron chi connectivity index (χ3n) is 2.24. The van der Waals surface area contributed by atoms with Crippen molar-refractivity contribution in [2.75, 3.05) is 17.7 Å². The normalized spacial score (nSPS) is 9.74. The van der Waals surface area contributed by atoms with Gasteiger partial charge in [0.05, 0.1) is 18.9 Å². The first-order valence-electron chi connectivity index (χ1n) is 5.36. The predicted octanol–water partition coefficient (Wildman–Crippen LogP) is 2.11. The van der Waals surface area contributed by atoms with Crippen molar-refractivity contribution in [2.45, 2.75) is 0 Å². The van der Waals surface area contributed by atoms with Crippen LogP contribution in [0.4, 0.5) is 16.4 Å². The van der Waals surface area contributed by atoms with Gasteiger partial charge >= 0.3 is 12.0 Å². The molecule has 0 aliphatic carbocycles. The Balaban J connectivity index is 1.96. The van der Waals surface area contributed by atoms with Gasteiger partial charge in [-0.1, -0.05) is 5.16 Å². The molecule has 1 aromatic heterocycles. The van der Waals surface area contributed by atoms with Gasteiger partial charge in [-0.05, 0) is 24.3 Å². The molecule has 0 saturated carbocycles. The topological polar surface area (TPSA) is 93.5 Å². The number of urea groups is 1. The first-order chi connectivity index (χ1) is 9.19. The maximum atomic E-state index is 11.6. The van der Waals surface area contributed by atoms with E-state index in [1.54, 1.807) is 24.3 Å². The average Bonchev–Trinajstić information content (AvgIpc) is 2.91. The van der Waals surface area contributed by atoms with E-state index in [0.29, 0.717) is 11.3 Å². The van der Waals surface area contributed by atoms with Crippen molar-refractivity contribution in [1.29, 1.82) is 0 Å². The first kappa shape index (κ1) is 12.6. The third-order valence-corrected chi connectivity index (χ3v) is 2.24. The van der Waals surface area contributed by atoms with E-state index in [1.165, 1.54) is 19.4 Å². The molecule has 19 heavy (non-hydrogen) atoms. The Bertz CT molecular complexity index is 563. The quantitative estimate of drug-likeness (QED) is 0.825. The minimum atomic E-state index is -0.470. The van der Waals surface area contributed by atoms with Gasteiger partial charge in [0.15, 0.2) is 0 Å². The molecule has 0 atom stereocenters. The van der Waals surface area contributed by atoms with Gasteiger partial charge in [-0.3, -0.25) is 5.32 Å². The van der Waals surface area contributed by atoms with Gasteiger partial charge in [0.1, 0.15) is 0 Å². The number of anilines is 2. The fourth-order valence-corrected chi connectivity index (χ4v) is 1.36. The van der Waals surface area contributed by atoms with Crippen LogP contribution in [0.1, 0.15) is 10.4 Å². The predicted molar refractivity (Wildman–Crippen MR) is 66.9 cm³/mol. The number of hydrogen-bond acceptors (Lipinski definition) is 5. The number of esters is 1. The lowest BCUT2D eigenvalue weighted by molar-refractivity contribution is 0.0601. The second kappa shape index (κ2) is 5.67. The van der Waals surface area contributed by atoms with Crippen LogP contribution in [0.15, 0.2) is 41.1 Å². The molecule has 0 unspecified atom stereocenters. The van der Waals surface area contributed by atoms with E-state index in [1.807, 2.05) is 0 Å². The van der Waals surface area contributed by atoms with E-state index in [4.69, 9.17) is 4.52 Å². The van der Waals surface area contributed by atoms with Crippen molar-refractivity contribution < 1.29 is 18.8 Å². The molecule has 98 valence electrons. The highest BCUT2D eigenvalue weighted by Gasteiger charge is 2.07. The van der Waals surface area contributed by atoms with Crippen LogP contribution in [0.5, 0.6) is 0 Å². The van der Waals surface area contributed by atoms with Gasteiger partial charge in [0.25, 0.3) is 0 Å². The fourth-order valence-electron chi connectivity index (χ4n) is 1.36. The molecule has 2 rings (SSSR count). The zero-order valence-electron chi connectivity index (χ0n) is 10.0. The average molecular weight is 261 g/mol. The van der Waals surface area contributed by atoms with Crippen molar-refractivity contribution in [2.24, 2.45) is 0 Å². The van der Waals surface area contributed by atoms with Crippen LogP contribution in [0, 0.1) is 0 Å². The number of carbonyl (C=O) groups excluding carboxylic acids is 2. The highest BCUT2D eigenvalue weighted by Crippen LogP contribution is 2.11. The molecule has 0 saturated heterocycles. The Morgan fingerprint density at radius 2 is 1.89 bits per heavy atom. The van der Waals surface area contributed by atoms with E-state index < -0.39 is 12.0 Å². The smallest absolute Gasteiger partial charge is 0.337 e. The summed E-state index contributed by atoms with van der Waals surface area (Å²) in [7, 11) is 1.30. The number of rotatable bonds is 3. The van der Waals surface area contributed by atoms with E-state index in [-0.39, 0.29) is 5.88 Å². The fraction of sp³-hybridized carbons (Fsp3) is 0.0833. The summed E-state index contributed by atoms with van der Waals surface area (Å²) >= 11 is 0.